The van der Waals surface area contributed by atoms with Gasteiger partial charge in [-0.05, 0) is 37.0 Å². The molecule has 1 heterocycles. The summed E-state index contributed by atoms with van der Waals surface area (Å²) in [5, 5.41) is 1.13. The van der Waals surface area contributed by atoms with Crippen LogP contribution in [0.1, 0.15) is 26.7 Å². The van der Waals surface area contributed by atoms with Gasteiger partial charge in [0.2, 0.25) is 5.82 Å². The van der Waals surface area contributed by atoms with Crippen molar-refractivity contribution in [2.75, 3.05) is 6.61 Å². The minimum Gasteiger partial charge on any atom is -0.490 e. The smallest absolute Gasteiger partial charge is 0.208 e. The van der Waals surface area contributed by atoms with Gasteiger partial charge in [0.1, 0.15) is 0 Å². The van der Waals surface area contributed by atoms with Crippen molar-refractivity contribution < 1.29 is 17.9 Å². The van der Waals surface area contributed by atoms with E-state index in [1.807, 2.05) is 0 Å². The molecule has 0 spiro atoms. The predicted molar refractivity (Wildman–Crippen MR) is 83.2 cm³/mol. The van der Waals surface area contributed by atoms with Gasteiger partial charge in [-0.3, -0.25) is 0 Å². The van der Waals surface area contributed by atoms with E-state index in [9.17, 15) is 8.78 Å². The Morgan fingerprint density at radius 3 is 2.59 bits per heavy atom. The fourth-order valence-corrected chi connectivity index (χ4v) is 2.56. The van der Waals surface area contributed by atoms with Crippen LogP contribution in [0.15, 0.2) is 34.7 Å². The number of furan rings is 1. The average molecular weight is 304 g/mol. The molecule has 0 atom stereocenters. The highest BCUT2D eigenvalue weighted by molar-refractivity contribution is 6.05. The third-order valence-electron chi connectivity index (χ3n) is 3.71. The number of benzene rings is 2. The van der Waals surface area contributed by atoms with E-state index in [1.54, 1.807) is 24.3 Å². The van der Waals surface area contributed by atoms with Gasteiger partial charge in [0.25, 0.3) is 0 Å². The zero-order valence-corrected chi connectivity index (χ0v) is 12.7. The van der Waals surface area contributed by atoms with Crippen LogP contribution in [0.3, 0.4) is 0 Å². The molecule has 4 heteroatoms. The molecule has 0 radical (unpaired) electrons. The molecule has 3 aromatic rings. The second-order valence-corrected chi connectivity index (χ2v) is 5.86. The fraction of sp³-hybridized carbons (Fsp3) is 0.333. The van der Waals surface area contributed by atoms with Crippen LogP contribution in [0.25, 0.3) is 21.9 Å². The summed E-state index contributed by atoms with van der Waals surface area (Å²) < 4.78 is 39.1. The van der Waals surface area contributed by atoms with E-state index in [4.69, 9.17) is 9.15 Å². The summed E-state index contributed by atoms with van der Waals surface area (Å²) in [7, 11) is 0. The van der Waals surface area contributed by atoms with E-state index < -0.39 is 11.6 Å². The van der Waals surface area contributed by atoms with Crippen molar-refractivity contribution in [3.63, 3.8) is 0 Å². The minimum absolute atomic E-state index is 0.0430. The molecule has 0 unspecified atom stereocenters. The molecule has 116 valence electrons. The second-order valence-electron chi connectivity index (χ2n) is 5.86. The molecule has 0 amide bonds. The molecule has 0 aliphatic heterocycles. The number of ether oxygens (including phenoxy) is 1. The lowest BCUT2D eigenvalue weighted by Gasteiger charge is -2.08. The summed E-state index contributed by atoms with van der Waals surface area (Å²) >= 11 is 0. The highest BCUT2D eigenvalue weighted by atomic mass is 19.1. The highest BCUT2D eigenvalue weighted by Crippen LogP contribution is 2.35. The van der Waals surface area contributed by atoms with Gasteiger partial charge in [0.05, 0.1) is 6.61 Å². The van der Waals surface area contributed by atoms with E-state index in [-0.39, 0.29) is 16.9 Å². The molecule has 0 bridgehead atoms. The SMILES string of the molecule is CC(C)CCCOc1ccc2c(oc3c(F)cccc32)c1F. The lowest BCUT2D eigenvalue weighted by Crippen LogP contribution is -2.01. The first-order valence-corrected chi connectivity index (χ1v) is 7.50. The van der Waals surface area contributed by atoms with Crippen molar-refractivity contribution in [2.24, 2.45) is 5.92 Å². The maximum atomic E-state index is 14.5. The topological polar surface area (TPSA) is 22.4 Å². The van der Waals surface area contributed by atoms with E-state index >= 15 is 0 Å². The maximum absolute atomic E-state index is 14.5. The first-order valence-electron chi connectivity index (χ1n) is 7.50. The lowest BCUT2D eigenvalue weighted by molar-refractivity contribution is 0.284. The summed E-state index contributed by atoms with van der Waals surface area (Å²) in [6.45, 7) is 4.72. The molecule has 1 aromatic heterocycles. The normalized spacial score (nSPS) is 11.7. The van der Waals surface area contributed by atoms with Crippen LogP contribution in [0.5, 0.6) is 5.75 Å². The average Bonchev–Trinajstić information content (AvgIpc) is 2.86. The van der Waals surface area contributed by atoms with Gasteiger partial charge in [-0.25, -0.2) is 4.39 Å². The number of para-hydroxylation sites is 1. The Morgan fingerprint density at radius 1 is 1.05 bits per heavy atom. The Kier molecular flexibility index (Phi) is 4.01. The number of hydrogen-bond acceptors (Lipinski definition) is 2. The second kappa shape index (κ2) is 5.95. The van der Waals surface area contributed by atoms with E-state index in [0.717, 1.165) is 12.8 Å². The number of fused-ring (bicyclic) bond motifs is 3. The summed E-state index contributed by atoms with van der Waals surface area (Å²) in [6, 6.07) is 7.88. The van der Waals surface area contributed by atoms with Crippen molar-refractivity contribution in [3.8, 4) is 5.75 Å². The highest BCUT2D eigenvalue weighted by Gasteiger charge is 2.17. The number of rotatable bonds is 5. The van der Waals surface area contributed by atoms with Crippen molar-refractivity contribution in [2.45, 2.75) is 26.7 Å². The van der Waals surface area contributed by atoms with Crippen LogP contribution in [0.2, 0.25) is 0 Å². The largest absolute Gasteiger partial charge is 0.490 e. The molecule has 0 aliphatic rings. The van der Waals surface area contributed by atoms with Crippen LogP contribution in [-0.2, 0) is 0 Å². The van der Waals surface area contributed by atoms with Crippen LogP contribution in [0, 0.1) is 17.6 Å². The van der Waals surface area contributed by atoms with Gasteiger partial charge in [-0.2, -0.15) is 4.39 Å². The monoisotopic (exact) mass is 304 g/mol. The lowest BCUT2D eigenvalue weighted by atomic mass is 10.1. The molecule has 0 N–H and O–H groups in total. The predicted octanol–water partition coefficient (Wildman–Crippen LogP) is 5.68. The zero-order chi connectivity index (χ0) is 15.7. The molecule has 0 fully saturated rings. The number of halogens is 2. The molecule has 3 rings (SSSR count). The van der Waals surface area contributed by atoms with Crippen LogP contribution >= 0.6 is 0 Å². The van der Waals surface area contributed by atoms with Crippen molar-refractivity contribution in [3.05, 3.63) is 42.0 Å². The van der Waals surface area contributed by atoms with E-state index in [0.29, 0.717) is 23.3 Å². The minimum atomic E-state index is -0.572. The summed E-state index contributed by atoms with van der Waals surface area (Å²) in [5.74, 6) is -0.324. The standard InChI is InChI=1S/C18H18F2O2/c1-11(2)5-4-10-21-15-9-8-13-12-6-3-7-14(19)17(12)22-18(13)16(15)20/h3,6-9,11H,4-5,10H2,1-2H3. The molecule has 0 saturated heterocycles. The first-order chi connectivity index (χ1) is 10.6. The van der Waals surface area contributed by atoms with Crippen molar-refractivity contribution in [1.82, 2.24) is 0 Å². The Morgan fingerprint density at radius 2 is 1.82 bits per heavy atom. The molecule has 0 saturated carbocycles. The van der Waals surface area contributed by atoms with Crippen molar-refractivity contribution >= 4 is 21.9 Å². The number of hydrogen-bond donors (Lipinski definition) is 0. The van der Waals surface area contributed by atoms with E-state index in [2.05, 4.69) is 13.8 Å². The Labute approximate surface area is 127 Å². The van der Waals surface area contributed by atoms with Gasteiger partial charge < -0.3 is 9.15 Å². The van der Waals surface area contributed by atoms with Gasteiger partial charge in [-0.1, -0.05) is 26.0 Å². The Bertz CT molecular complexity index is 806. The molecule has 2 aromatic carbocycles. The summed E-state index contributed by atoms with van der Waals surface area (Å²) in [4.78, 5) is 0. The zero-order valence-electron chi connectivity index (χ0n) is 12.7. The van der Waals surface area contributed by atoms with Gasteiger partial charge in [-0.15, -0.1) is 0 Å². The van der Waals surface area contributed by atoms with Crippen LogP contribution in [0.4, 0.5) is 8.78 Å². The summed E-state index contributed by atoms with van der Waals surface area (Å²) in [5.41, 5.74) is 0.120. The molecular weight excluding hydrogens is 286 g/mol. The van der Waals surface area contributed by atoms with Crippen molar-refractivity contribution in [1.29, 1.82) is 0 Å². The first kappa shape index (κ1) is 14.8. The van der Waals surface area contributed by atoms with Gasteiger partial charge in [0, 0.05) is 10.8 Å². The molecule has 0 aliphatic carbocycles. The molecular formula is C18H18F2O2. The maximum Gasteiger partial charge on any atom is 0.208 e. The summed E-state index contributed by atoms with van der Waals surface area (Å²) in [6.07, 6.45) is 1.89. The quantitative estimate of drug-likeness (QED) is 0.566. The molecule has 2 nitrogen and oxygen atoms in total. The van der Waals surface area contributed by atoms with Gasteiger partial charge in [0.15, 0.2) is 22.7 Å². The Balaban J connectivity index is 1.92. The molecule has 22 heavy (non-hydrogen) atoms. The van der Waals surface area contributed by atoms with E-state index in [1.165, 1.54) is 6.07 Å². The van der Waals surface area contributed by atoms with Crippen LogP contribution < -0.4 is 4.74 Å². The third kappa shape index (κ3) is 2.65. The van der Waals surface area contributed by atoms with Crippen LogP contribution in [-0.4, -0.2) is 6.61 Å². The third-order valence-corrected chi connectivity index (χ3v) is 3.71. The van der Waals surface area contributed by atoms with Gasteiger partial charge >= 0.3 is 0 Å². The fourth-order valence-electron chi connectivity index (χ4n) is 2.56. The Hall–Kier alpha value is -2.10.